The molecule has 0 radical (unpaired) electrons. The zero-order valence-electron chi connectivity index (χ0n) is 8.90. The summed E-state index contributed by atoms with van der Waals surface area (Å²) in [5.74, 6) is -0.196. The predicted octanol–water partition coefficient (Wildman–Crippen LogP) is 2.24. The van der Waals surface area contributed by atoms with Gasteiger partial charge in [-0.25, -0.2) is 0 Å². The standard InChI is InChI=1S/C12H12O4/c1-2-15-12(14)7-8-5-10(13)9-3-4-16-11(9)6-8/h3-6,13H,2,7H2,1H3. The monoisotopic (exact) mass is 220 g/mol. The molecule has 1 N–H and O–H groups in total. The summed E-state index contributed by atoms with van der Waals surface area (Å²) in [7, 11) is 0. The average Bonchev–Trinajstić information content (AvgIpc) is 2.66. The van der Waals surface area contributed by atoms with Crippen molar-refractivity contribution in [3.8, 4) is 5.75 Å². The van der Waals surface area contributed by atoms with E-state index in [0.717, 1.165) is 0 Å². The molecule has 0 saturated carbocycles. The lowest BCUT2D eigenvalue weighted by Crippen LogP contribution is -2.07. The first kappa shape index (κ1) is 10.5. The molecule has 0 saturated heterocycles. The number of furan rings is 1. The minimum Gasteiger partial charge on any atom is -0.507 e. The van der Waals surface area contributed by atoms with Gasteiger partial charge >= 0.3 is 5.97 Å². The van der Waals surface area contributed by atoms with Crippen LogP contribution in [0, 0.1) is 0 Å². The van der Waals surface area contributed by atoms with Crippen LogP contribution in [-0.4, -0.2) is 17.7 Å². The van der Waals surface area contributed by atoms with Gasteiger partial charge in [0, 0.05) is 0 Å². The van der Waals surface area contributed by atoms with Gasteiger partial charge in [0.2, 0.25) is 0 Å². The van der Waals surface area contributed by atoms with Gasteiger partial charge in [-0.05, 0) is 30.7 Å². The van der Waals surface area contributed by atoms with E-state index in [4.69, 9.17) is 9.15 Å². The van der Waals surface area contributed by atoms with E-state index >= 15 is 0 Å². The minimum absolute atomic E-state index is 0.116. The Morgan fingerprint density at radius 3 is 3.06 bits per heavy atom. The summed E-state index contributed by atoms with van der Waals surface area (Å²) >= 11 is 0. The molecule has 84 valence electrons. The van der Waals surface area contributed by atoms with E-state index < -0.39 is 0 Å². The van der Waals surface area contributed by atoms with Crippen LogP contribution in [0.1, 0.15) is 12.5 Å². The smallest absolute Gasteiger partial charge is 0.310 e. The number of aromatic hydroxyl groups is 1. The van der Waals surface area contributed by atoms with E-state index in [1.54, 1.807) is 25.1 Å². The van der Waals surface area contributed by atoms with Crippen molar-refractivity contribution in [1.82, 2.24) is 0 Å². The third-order valence-corrected chi connectivity index (χ3v) is 2.26. The van der Waals surface area contributed by atoms with E-state index in [9.17, 15) is 9.90 Å². The number of phenols is 1. The van der Waals surface area contributed by atoms with Crippen molar-refractivity contribution in [2.24, 2.45) is 0 Å². The average molecular weight is 220 g/mol. The topological polar surface area (TPSA) is 59.7 Å². The van der Waals surface area contributed by atoms with Crippen LogP contribution in [0.2, 0.25) is 0 Å². The van der Waals surface area contributed by atoms with Gasteiger partial charge in [0.25, 0.3) is 0 Å². The van der Waals surface area contributed by atoms with Gasteiger partial charge in [0.15, 0.2) is 0 Å². The second-order valence-corrected chi connectivity index (χ2v) is 3.43. The highest BCUT2D eigenvalue weighted by atomic mass is 16.5. The Balaban J connectivity index is 2.28. The fourth-order valence-electron chi connectivity index (χ4n) is 1.59. The van der Waals surface area contributed by atoms with Crippen molar-refractivity contribution in [2.75, 3.05) is 6.61 Å². The zero-order valence-corrected chi connectivity index (χ0v) is 8.90. The summed E-state index contributed by atoms with van der Waals surface area (Å²) in [4.78, 5) is 11.3. The SMILES string of the molecule is CCOC(=O)Cc1cc(O)c2ccoc2c1. The van der Waals surface area contributed by atoms with Crippen LogP contribution < -0.4 is 0 Å². The third kappa shape index (κ3) is 2.00. The van der Waals surface area contributed by atoms with Crippen LogP contribution in [0.25, 0.3) is 11.0 Å². The molecular formula is C12H12O4. The third-order valence-electron chi connectivity index (χ3n) is 2.26. The van der Waals surface area contributed by atoms with Crippen molar-refractivity contribution >= 4 is 16.9 Å². The van der Waals surface area contributed by atoms with E-state index in [-0.39, 0.29) is 18.1 Å². The first-order chi connectivity index (χ1) is 7.70. The Morgan fingerprint density at radius 1 is 1.50 bits per heavy atom. The van der Waals surface area contributed by atoms with E-state index in [2.05, 4.69) is 0 Å². The first-order valence-corrected chi connectivity index (χ1v) is 5.05. The predicted molar refractivity (Wildman–Crippen MR) is 58.2 cm³/mol. The molecule has 4 nitrogen and oxygen atoms in total. The largest absolute Gasteiger partial charge is 0.507 e. The fourth-order valence-corrected chi connectivity index (χ4v) is 1.59. The molecule has 1 heterocycles. The number of rotatable bonds is 3. The minimum atomic E-state index is -0.312. The lowest BCUT2D eigenvalue weighted by Gasteiger charge is -2.03. The molecule has 0 bridgehead atoms. The van der Waals surface area contributed by atoms with Crippen LogP contribution in [0.5, 0.6) is 5.75 Å². The number of esters is 1. The molecule has 1 aromatic heterocycles. The molecule has 0 spiro atoms. The van der Waals surface area contributed by atoms with E-state index in [0.29, 0.717) is 23.1 Å². The first-order valence-electron chi connectivity index (χ1n) is 5.05. The summed E-state index contributed by atoms with van der Waals surface area (Å²) in [6.07, 6.45) is 1.64. The quantitative estimate of drug-likeness (QED) is 0.806. The van der Waals surface area contributed by atoms with Gasteiger partial charge in [0.1, 0.15) is 11.3 Å². The molecule has 0 atom stereocenters. The Hall–Kier alpha value is -1.97. The molecule has 0 aliphatic carbocycles. The van der Waals surface area contributed by atoms with Gasteiger partial charge in [0.05, 0.1) is 24.7 Å². The van der Waals surface area contributed by atoms with Gasteiger partial charge < -0.3 is 14.3 Å². The van der Waals surface area contributed by atoms with E-state index in [1.807, 2.05) is 0 Å². The highest BCUT2D eigenvalue weighted by molar-refractivity contribution is 5.85. The molecule has 0 amide bonds. The summed E-state index contributed by atoms with van der Waals surface area (Å²) in [5, 5.41) is 10.3. The van der Waals surface area contributed by atoms with Gasteiger partial charge in [-0.15, -0.1) is 0 Å². The maximum absolute atomic E-state index is 11.3. The maximum atomic E-state index is 11.3. The number of ether oxygens (including phenoxy) is 1. The number of hydrogen-bond donors (Lipinski definition) is 1. The lowest BCUT2D eigenvalue weighted by molar-refractivity contribution is -0.142. The van der Waals surface area contributed by atoms with Crippen molar-refractivity contribution in [1.29, 1.82) is 0 Å². The van der Waals surface area contributed by atoms with E-state index in [1.165, 1.54) is 6.26 Å². The highest BCUT2D eigenvalue weighted by Crippen LogP contribution is 2.27. The van der Waals surface area contributed by atoms with Crippen molar-refractivity contribution in [2.45, 2.75) is 13.3 Å². The lowest BCUT2D eigenvalue weighted by atomic mass is 10.1. The summed E-state index contributed by atoms with van der Waals surface area (Å²) < 4.78 is 10.00. The number of benzene rings is 1. The Kier molecular flexibility index (Phi) is 2.81. The molecule has 0 aliphatic heterocycles. The number of carbonyl (C=O) groups excluding carboxylic acids is 1. The number of hydrogen-bond acceptors (Lipinski definition) is 4. The Bertz CT molecular complexity index is 513. The normalized spacial score (nSPS) is 10.6. The molecule has 2 aromatic rings. The zero-order chi connectivity index (χ0) is 11.5. The fraction of sp³-hybridized carbons (Fsp3) is 0.250. The van der Waals surface area contributed by atoms with Crippen molar-refractivity contribution in [3.05, 3.63) is 30.0 Å². The molecule has 2 rings (SSSR count). The number of fused-ring (bicyclic) bond motifs is 1. The van der Waals surface area contributed by atoms with Crippen LogP contribution in [0.15, 0.2) is 28.9 Å². The van der Waals surface area contributed by atoms with Crippen molar-refractivity contribution in [3.63, 3.8) is 0 Å². The van der Waals surface area contributed by atoms with Crippen LogP contribution in [0.4, 0.5) is 0 Å². The number of carbonyl (C=O) groups is 1. The molecular weight excluding hydrogens is 208 g/mol. The van der Waals surface area contributed by atoms with Crippen LogP contribution in [0.3, 0.4) is 0 Å². The summed E-state index contributed by atoms with van der Waals surface area (Å²) in [6.45, 7) is 2.11. The molecule has 0 aliphatic rings. The Labute approximate surface area is 92.4 Å². The molecule has 16 heavy (non-hydrogen) atoms. The van der Waals surface area contributed by atoms with Gasteiger partial charge in [-0.1, -0.05) is 0 Å². The Morgan fingerprint density at radius 2 is 2.31 bits per heavy atom. The molecule has 0 unspecified atom stereocenters. The summed E-state index contributed by atoms with van der Waals surface area (Å²) in [6, 6.07) is 4.96. The summed E-state index contributed by atoms with van der Waals surface area (Å²) in [5.41, 5.74) is 1.25. The highest BCUT2D eigenvalue weighted by Gasteiger charge is 2.09. The van der Waals surface area contributed by atoms with Crippen molar-refractivity contribution < 1.29 is 19.1 Å². The van der Waals surface area contributed by atoms with Gasteiger partial charge in [-0.3, -0.25) is 4.79 Å². The van der Waals surface area contributed by atoms with Crippen LogP contribution in [-0.2, 0) is 16.0 Å². The molecule has 1 aromatic carbocycles. The second kappa shape index (κ2) is 4.26. The maximum Gasteiger partial charge on any atom is 0.310 e. The number of phenolic OH excluding ortho intramolecular Hbond substituents is 1. The van der Waals surface area contributed by atoms with Crippen LogP contribution >= 0.6 is 0 Å². The second-order valence-electron chi connectivity index (χ2n) is 3.43. The molecule has 0 fully saturated rings. The molecule has 4 heteroatoms. The van der Waals surface area contributed by atoms with Gasteiger partial charge in [-0.2, -0.15) is 0 Å².